The molecule has 0 radical (unpaired) electrons. The van der Waals surface area contributed by atoms with Gasteiger partial charge < -0.3 is 25.6 Å². The quantitative estimate of drug-likeness (QED) is 0.483. The number of aryl methyl sites for hydroxylation is 1. The lowest BCUT2D eigenvalue weighted by atomic mass is 9.85. The van der Waals surface area contributed by atoms with Crippen LogP contribution in [0.25, 0.3) is 11.1 Å². The summed E-state index contributed by atoms with van der Waals surface area (Å²) in [5.74, 6) is -1.38. The van der Waals surface area contributed by atoms with Gasteiger partial charge in [0.1, 0.15) is 0 Å². The summed E-state index contributed by atoms with van der Waals surface area (Å²) in [4.78, 5) is 43.0. The summed E-state index contributed by atoms with van der Waals surface area (Å²) in [7, 11) is 0. The molecule has 1 aromatic heterocycles. The van der Waals surface area contributed by atoms with E-state index in [1.807, 2.05) is 6.92 Å². The monoisotopic (exact) mass is 450 g/mol. The standard InChI is InChI=1S/C25H30N4O4/c1-4-29(5-2)12-11-26-23(30)20-14(3)27-22-16(20)7-6-8-17(22)21-18-13-15(25(32)33)9-10-19(18)28-24(21)31/h9-10,13,27H,4-8,11-12H2,1-3H3,(H,26,30)(H,28,31)(H,32,33)/b21-17-. The number of aromatic nitrogens is 1. The number of likely N-dealkylation sites (N-methyl/N-ethyl adjacent to an activating group) is 1. The molecule has 2 amide bonds. The fourth-order valence-corrected chi connectivity index (χ4v) is 4.86. The lowest BCUT2D eigenvalue weighted by Crippen LogP contribution is -2.35. The number of benzene rings is 1. The van der Waals surface area contributed by atoms with Gasteiger partial charge in [-0.15, -0.1) is 0 Å². The van der Waals surface area contributed by atoms with Crippen LogP contribution in [0.3, 0.4) is 0 Å². The van der Waals surface area contributed by atoms with Gasteiger partial charge in [0.2, 0.25) is 0 Å². The van der Waals surface area contributed by atoms with Crippen LogP contribution >= 0.6 is 0 Å². The van der Waals surface area contributed by atoms with Crippen molar-refractivity contribution >= 4 is 34.6 Å². The van der Waals surface area contributed by atoms with Gasteiger partial charge in [0.05, 0.1) is 16.7 Å². The zero-order valence-electron chi connectivity index (χ0n) is 19.3. The first-order valence-corrected chi connectivity index (χ1v) is 11.5. The average molecular weight is 451 g/mol. The molecule has 4 rings (SSSR count). The molecule has 33 heavy (non-hydrogen) atoms. The van der Waals surface area contributed by atoms with Crippen molar-refractivity contribution in [1.29, 1.82) is 0 Å². The van der Waals surface area contributed by atoms with E-state index in [0.29, 0.717) is 35.4 Å². The van der Waals surface area contributed by atoms with Crippen LogP contribution < -0.4 is 10.6 Å². The number of hydrogen-bond acceptors (Lipinski definition) is 4. The number of carbonyl (C=O) groups excluding carboxylic acids is 2. The molecule has 0 bridgehead atoms. The zero-order valence-corrected chi connectivity index (χ0v) is 19.3. The summed E-state index contributed by atoms with van der Waals surface area (Å²) < 4.78 is 0. The number of rotatable bonds is 7. The molecule has 8 nitrogen and oxygen atoms in total. The minimum absolute atomic E-state index is 0.104. The Bertz CT molecular complexity index is 1160. The third kappa shape index (κ3) is 4.18. The maximum absolute atomic E-state index is 13.1. The molecule has 2 heterocycles. The van der Waals surface area contributed by atoms with Crippen molar-refractivity contribution in [3.63, 3.8) is 0 Å². The normalized spacial score (nSPS) is 17.0. The number of amides is 2. The number of carboxylic acids is 1. The van der Waals surface area contributed by atoms with E-state index in [1.165, 1.54) is 6.07 Å². The van der Waals surface area contributed by atoms with Crippen LogP contribution in [0.4, 0.5) is 5.69 Å². The van der Waals surface area contributed by atoms with Crippen molar-refractivity contribution in [1.82, 2.24) is 15.2 Å². The first-order chi connectivity index (χ1) is 15.8. The summed E-state index contributed by atoms with van der Waals surface area (Å²) in [5, 5.41) is 15.3. The Kier molecular flexibility index (Phi) is 6.37. The highest BCUT2D eigenvalue weighted by Gasteiger charge is 2.33. The van der Waals surface area contributed by atoms with Crippen LogP contribution in [-0.2, 0) is 11.2 Å². The Morgan fingerprint density at radius 1 is 1.18 bits per heavy atom. The summed E-state index contributed by atoms with van der Waals surface area (Å²) in [6.07, 6.45) is 2.23. The number of aromatic carboxylic acids is 1. The SMILES string of the molecule is CCN(CC)CCNC(=O)c1c(C)[nH]c2c1CCC/C2=C1/C(=O)Nc2ccc(C(=O)O)cc21. The maximum Gasteiger partial charge on any atom is 0.335 e. The molecule has 2 aromatic rings. The van der Waals surface area contributed by atoms with Crippen LogP contribution in [-0.4, -0.2) is 59.0 Å². The Hall–Kier alpha value is -3.39. The molecule has 0 saturated heterocycles. The van der Waals surface area contributed by atoms with Crippen LogP contribution in [0.2, 0.25) is 0 Å². The van der Waals surface area contributed by atoms with E-state index in [-0.39, 0.29) is 17.4 Å². The zero-order chi connectivity index (χ0) is 23.7. The number of aromatic amines is 1. The molecule has 4 N–H and O–H groups in total. The molecule has 0 saturated carbocycles. The van der Waals surface area contributed by atoms with Gasteiger partial charge in [-0.05, 0) is 68.6 Å². The maximum atomic E-state index is 13.1. The minimum Gasteiger partial charge on any atom is -0.478 e. The van der Waals surface area contributed by atoms with Crippen molar-refractivity contribution in [2.45, 2.75) is 40.0 Å². The lowest BCUT2D eigenvalue weighted by molar-refractivity contribution is -0.110. The lowest BCUT2D eigenvalue weighted by Gasteiger charge is -2.19. The van der Waals surface area contributed by atoms with Crippen LogP contribution in [0, 0.1) is 6.92 Å². The van der Waals surface area contributed by atoms with E-state index >= 15 is 0 Å². The number of fused-ring (bicyclic) bond motifs is 2. The molecule has 0 unspecified atom stereocenters. The van der Waals surface area contributed by atoms with E-state index in [9.17, 15) is 19.5 Å². The Balaban J connectivity index is 1.70. The molecule has 0 spiro atoms. The van der Waals surface area contributed by atoms with Crippen molar-refractivity contribution in [3.8, 4) is 0 Å². The summed E-state index contributed by atoms with van der Waals surface area (Å²) in [6.45, 7) is 9.33. The van der Waals surface area contributed by atoms with Gasteiger partial charge in [-0.3, -0.25) is 9.59 Å². The van der Waals surface area contributed by atoms with Crippen molar-refractivity contribution in [2.24, 2.45) is 0 Å². The van der Waals surface area contributed by atoms with Crippen molar-refractivity contribution < 1.29 is 19.5 Å². The van der Waals surface area contributed by atoms with Gasteiger partial charge in [-0.1, -0.05) is 13.8 Å². The third-order valence-electron chi connectivity index (χ3n) is 6.59. The van der Waals surface area contributed by atoms with Crippen molar-refractivity contribution in [3.05, 3.63) is 51.8 Å². The van der Waals surface area contributed by atoms with Gasteiger partial charge in [-0.2, -0.15) is 0 Å². The predicted molar refractivity (Wildman–Crippen MR) is 127 cm³/mol. The van der Waals surface area contributed by atoms with Gasteiger partial charge >= 0.3 is 5.97 Å². The fraction of sp³-hybridized carbons (Fsp3) is 0.400. The second kappa shape index (κ2) is 9.23. The van der Waals surface area contributed by atoms with E-state index in [0.717, 1.165) is 55.0 Å². The number of carboxylic acid groups (broad SMARTS) is 1. The van der Waals surface area contributed by atoms with E-state index < -0.39 is 5.97 Å². The Morgan fingerprint density at radius 2 is 1.94 bits per heavy atom. The van der Waals surface area contributed by atoms with Crippen LogP contribution in [0.5, 0.6) is 0 Å². The number of anilines is 1. The van der Waals surface area contributed by atoms with Crippen molar-refractivity contribution in [2.75, 3.05) is 31.5 Å². The highest BCUT2D eigenvalue weighted by atomic mass is 16.4. The molecule has 2 aliphatic rings. The van der Waals surface area contributed by atoms with E-state index in [2.05, 4.69) is 34.4 Å². The fourth-order valence-electron chi connectivity index (χ4n) is 4.86. The average Bonchev–Trinajstić information content (AvgIpc) is 3.31. The van der Waals surface area contributed by atoms with Crippen LogP contribution in [0.15, 0.2) is 18.2 Å². The first-order valence-electron chi connectivity index (χ1n) is 11.5. The number of nitrogens with zero attached hydrogens (tertiary/aromatic N) is 1. The molecule has 0 atom stereocenters. The molecule has 8 heteroatoms. The molecule has 0 fully saturated rings. The van der Waals surface area contributed by atoms with Gasteiger partial charge in [0.25, 0.3) is 11.8 Å². The highest BCUT2D eigenvalue weighted by Crippen LogP contribution is 2.43. The number of H-pyrrole nitrogens is 1. The minimum atomic E-state index is -1.04. The highest BCUT2D eigenvalue weighted by molar-refractivity contribution is 6.37. The van der Waals surface area contributed by atoms with E-state index in [1.54, 1.807) is 12.1 Å². The Morgan fingerprint density at radius 3 is 2.64 bits per heavy atom. The van der Waals surface area contributed by atoms with Crippen LogP contribution in [0.1, 0.15) is 69.9 Å². The molecule has 1 aromatic carbocycles. The number of nitrogens with one attached hydrogen (secondary N) is 3. The molecule has 174 valence electrons. The van der Waals surface area contributed by atoms with Gasteiger partial charge in [0.15, 0.2) is 0 Å². The second-order valence-electron chi connectivity index (χ2n) is 8.49. The topological polar surface area (TPSA) is 115 Å². The molecular formula is C25H30N4O4. The Labute approximate surface area is 193 Å². The summed E-state index contributed by atoms with van der Waals surface area (Å²) in [5.41, 5.74) is 5.83. The van der Waals surface area contributed by atoms with Gasteiger partial charge in [0, 0.05) is 35.7 Å². The first kappa shape index (κ1) is 22.8. The third-order valence-corrected chi connectivity index (χ3v) is 6.59. The second-order valence-corrected chi connectivity index (χ2v) is 8.49. The van der Waals surface area contributed by atoms with E-state index in [4.69, 9.17) is 0 Å². The molecule has 1 aliphatic heterocycles. The van der Waals surface area contributed by atoms with Gasteiger partial charge in [-0.25, -0.2) is 4.79 Å². The molecule has 1 aliphatic carbocycles. The summed E-state index contributed by atoms with van der Waals surface area (Å²) in [6, 6.07) is 4.66. The largest absolute Gasteiger partial charge is 0.478 e. The smallest absolute Gasteiger partial charge is 0.335 e. The summed E-state index contributed by atoms with van der Waals surface area (Å²) >= 11 is 0. The molecular weight excluding hydrogens is 420 g/mol. The predicted octanol–water partition coefficient (Wildman–Crippen LogP) is 3.29. The number of carbonyl (C=O) groups is 3. The number of hydrogen-bond donors (Lipinski definition) is 4. The number of allylic oxidation sites excluding steroid dienone is 1.